The summed E-state index contributed by atoms with van der Waals surface area (Å²) in [6, 6.07) is 8.14. The summed E-state index contributed by atoms with van der Waals surface area (Å²) < 4.78 is 0. The summed E-state index contributed by atoms with van der Waals surface area (Å²) in [4.78, 5) is 13.1. The maximum Gasteiger partial charge on any atom is 0.224 e. The third-order valence-corrected chi connectivity index (χ3v) is 5.05. The van der Waals surface area contributed by atoms with Crippen molar-refractivity contribution in [2.45, 2.75) is 45.8 Å². The average Bonchev–Trinajstić information content (AvgIpc) is 2.62. The van der Waals surface area contributed by atoms with Gasteiger partial charge in [0, 0.05) is 35.8 Å². The van der Waals surface area contributed by atoms with Crippen molar-refractivity contribution in [1.29, 1.82) is 5.26 Å². The predicted molar refractivity (Wildman–Crippen MR) is 99.7 cm³/mol. The van der Waals surface area contributed by atoms with Crippen molar-refractivity contribution in [2.75, 3.05) is 17.2 Å². The first-order valence-corrected chi connectivity index (χ1v) is 8.78. The third-order valence-electron chi connectivity index (χ3n) is 5.05. The SMILES string of the molecule is Cc1cccc(CCNc2ncc(C#N)c(N[C@@H]3C[C@H](O)C3(C)C)n2)n1. The zero-order chi connectivity index (χ0) is 18.7. The predicted octanol–water partition coefficient (Wildman–Crippen LogP) is 2.28. The van der Waals surface area contributed by atoms with Crippen LogP contribution in [0.5, 0.6) is 0 Å². The summed E-state index contributed by atoms with van der Waals surface area (Å²) in [6.45, 7) is 6.62. The van der Waals surface area contributed by atoms with Crippen LogP contribution in [0.3, 0.4) is 0 Å². The van der Waals surface area contributed by atoms with Crippen LogP contribution in [0, 0.1) is 23.7 Å². The fourth-order valence-electron chi connectivity index (χ4n) is 3.01. The summed E-state index contributed by atoms with van der Waals surface area (Å²) in [5, 5.41) is 25.7. The molecule has 3 rings (SSSR count). The number of aliphatic hydroxyl groups is 1. The Kier molecular flexibility index (Phi) is 5.05. The summed E-state index contributed by atoms with van der Waals surface area (Å²) in [6.07, 6.45) is 2.58. The Morgan fingerprint density at radius 2 is 2.15 bits per heavy atom. The molecule has 136 valence electrons. The van der Waals surface area contributed by atoms with E-state index >= 15 is 0 Å². The summed E-state index contributed by atoms with van der Waals surface area (Å²) in [7, 11) is 0. The molecular formula is C19H24N6O. The van der Waals surface area contributed by atoms with Gasteiger partial charge < -0.3 is 15.7 Å². The van der Waals surface area contributed by atoms with Crippen LogP contribution in [-0.2, 0) is 6.42 Å². The van der Waals surface area contributed by atoms with Gasteiger partial charge in [0.15, 0.2) is 0 Å². The number of aliphatic hydroxyl groups excluding tert-OH is 1. The molecule has 0 radical (unpaired) electrons. The second-order valence-corrected chi connectivity index (χ2v) is 7.28. The zero-order valence-corrected chi connectivity index (χ0v) is 15.3. The number of nitrogens with zero attached hydrogens (tertiary/aromatic N) is 4. The van der Waals surface area contributed by atoms with E-state index in [0.29, 0.717) is 30.3 Å². The number of nitrogens with one attached hydrogen (secondary N) is 2. The van der Waals surface area contributed by atoms with Crippen molar-refractivity contribution < 1.29 is 5.11 Å². The lowest BCUT2D eigenvalue weighted by molar-refractivity contribution is -0.0511. The molecule has 0 unspecified atom stereocenters. The van der Waals surface area contributed by atoms with E-state index in [9.17, 15) is 10.4 Å². The molecule has 1 aliphatic rings. The third kappa shape index (κ3) is 3.75. The highest BCUT2D eigenvalue weighted by Gasteiger charge is 2.47. The Labute approximate surface area is 153 Å². The molecular weight excluding hydrogens is 328 g/mol. The Bertz CT molecular complexity index is 829. The molecule has 0 bridgehead atoms. The number of nitriles is 1. The number of hydrogen-bond acceptors (Lipinski definition) is 7. The van der Waals surface area contributed by atoms with Crippen LogP contribution in [0.1, 0.15) is 37.2 Å². The van der Waals surface area contributed by atoms with E-state index in [1.807, 2.05) is 39.0 Å². The number of pyridine rings is 1. The molecule has 2 heterocycles. The minimum absolute atomic E-state index is 0.0730. The van der Waals surface area contributed by atoms with E-state index in [0.717, 1.165) is 17.8 Å². The standard InChI is InChI=1S/C19H24N6O/c1-12-5-4-6-14(23-12)7-8-21-18-22-11-13(10-20)17(25-18)24-15-9-16(26)19(15,2)3/h4-6,11,15-16,26H,7-9H2,1-3H3,(H2,21,22,24,25)/t15-,16+/m1/s1. The molecule has 1 fully saturated rings. The van der Waals surface area contributed by atoms with Crippen molar-refractivity contribution >= 4 is 11.8 Å². The van der Waals surface area contributed by atoms with Crippen molar-refractivity contribution in [1.82, 2.24) is 15.0 Å². The number of aromatic nitrogens is 3. The van der Waals surface area contributed by atoms with Gasteiger partial charge >= 0.3 is 0 Å². The lowest BCUT2D eigenvalue weighted by Crippen LogP contribution is -2.57. The molecule has 7 heteroatoms. The number of anilines is 2. The van der Waals surface area contributed by atoms with E-state index in [4.69, 9.17) is 0 Å². The Morgan fingerprint density at radius 1 is 1.35 bits per heavy atom. The van der Waals surface area contributed by atoms with Gasteiger partial charge in [0.1, 0.15) is 17.5 Å². The minimum Gasteiger partial charge on any atom is -0.392 e. The van der Waals surface area contributed by atoms with Crippen LogP contribution in [0.4, 0.5) is 11.8 Å². The molecule has 1 saturated carbocycles. The maximum atomic E-state index is 9.89. The average molecular weight is 352 g/mol. The Morgan fingerprint density at radius 3 is 2.81 bits per heavy atom. The fraction of sp³-hybridized carbons (Fsp3) is 0.474. The molecule has 0 aromatic carbocycles. The van der Waals surface area contributed by atoms with Crippen molar-refractivity contribution in [3.63, 3.8) is 0 Å². The van der Waals surface area contributed by atoms with Gasteiger partial charge in [0.25, 0.3) is 0 Å². The molecule has 0 aliphatic heterocycles. The van der Waals surface area contributed by atoms with E-state index in [2.05, 4.69) is 31.7 Å². The monoisotopic (exact) mass is 352 g/mol. The van der Waals surface area contributed by atoms with E-state index < -0.39 is 0 Å². The lowest BCUT2D eigenvalue weighted by atomic mass is 9.64. The van der Waals surface area contributed by atoms with Gasteiger partial charge in [-0.15, -0.1) is 0 Å². The maximum absolute atomic E-state index is 9.89. The van der Waals surface area contributed by atoms with Crippen molar-refractivity contribution in [3.05, 3.63) is 41.3 Å². The highest BCUT2D eigenvalue weighted by molar-refractivity contribution is 5.54. The van der Waals surface area contributed by atoms with Crippen LogP contribution >= 0.6 is 0 Å². The van der Waals surface area contributed by atoms with Gasteiger partial charge in [-0.25, -0.2) is 4.98 Å². The van der Waals surface area contributed by atoms with Crippen LogP contribution < -0.4 is 10.6 Å². The Balaban J connectivity index is 1.65. The smallest absolute Gasteiger partial charge is 0.224 e. The topological polar surface area (TPSA) is 107 Å². The van der Waals surface area contributed by atoms with Gasteiger partial charge in [0.2, 0.25) is 5.95 Å². The molecule has 7 nitrogen and oxygen atoms in total. The molecule has 0 amide bonds. The second-order valence-electron chi connectivity index (χ2n) is 7.28. The molecule has 3 N–H and O–H groups in total. The van der Waals surface area contributed by atoms with Crippen LogP contribution in [0.25, 0.3) is 0 Å². The number of hydrogen-bond donors (Lipinski definition) is 3. The fourth-order valence-corrected chi connectivity index (χ4v) is 3.01. The normalized spacial score (nSPS) is 20.7. The van der Waals surface area contributed by atoms with Crippen LogP contribution in [0.15, 0.2) is 24.4 Å². The molecule has 2 aromatic rings. The first-order valence-electron chi connectivity index (χ1n) is 8.78. The van der Waals surface area contributed by atoms with Crippen LogP contribution in [-0.4, -0.2) is 38.7 Å². The largest absolute Gasteiger partial charge is 0.392 e. The van der Waals surface area contributed by atoms with Gasteiger partial charge in [-0.05, 0) is 25.5 Å². The summed E-state index contributed by atoms with van der Waals surface area (Å²) >= 11 is 0. The van der Waals surface area contributed by atoms with E-state index in [-0.39, 0.29) is 17.6 Å². The van der Waals surface area contributed by atoms with Gasteiger partial charge in [0.05, 0.1) is 12.3 Å². The minimum atomic E-state index is -0.341. The highest BCUT2D eigenvalue weighted by atomic mass is 16.3. The van der Waals surface area contributed by atoms with Crippen molar-refractivity contribution in [2.24, 2.45) is 5.41 Å². The summed E-state index contributed by atoms with van der Waals surface area (Å²) in [5.74, 6) is 0.973. The number of rotatable bonds is 6. The quantitative estimate of drug-likeness (QED) is 0.732. The van der Waals surface area contributed by atoms with Crippen molar-refractivity contribution in [3.8, 4) is 6.07 Å². The summed E-state index contributed by atoms with van der Waals surface area (Å²) in [5.41, 5.74) is 2.15. The van der Waals surface area contributed by atoms with Gasteiger partial charge in [-0.3, -0.25) is 4.98 Å². The molecule has 1 aliphatic carbocycles. The van der Waals surface area contributed by atoms with E-state index in [1.165, 1.54) is 6.20 Å². The lowest BCUT2D eigenvalue weighted by Gasteiger charge is -2.49. The second kappa shape index (κ2) is 7.26. The molecule has 2 aromatic heterocycles. The highest BCUT2D eigenvalue weighted by Crippen LogP contribution is 2.42. The molecule has 2 atom stereocenters. The van der Waals surface area contributed by atoms with E-state index in [1.54, 1.807) is 0 Å². The Hall–Kier alpha value is -2.72. The first-order chi connectivity index (χ1) is 12.4. The van der Waals surface area contributed by atoms with Crippen LogP contribution in [0.2, 0.25) is 0 Å². The molecule has 26 heavy (non-hydrogen) atoms. The van der Waals surface area contributed by atoms with Gasteiger partial charge in [-0.2, -0.15) is 10.2 Å². The zero-order valence-electron chi connectivity index (χ0n) is 15.3. The molecule has 0 saturated heterocycles. The van der Waals surface area contributed by atoms with Gasteiger partial charge in [-0.1, -0.05) is 19.9 Å². The number of aryl methyl sites for hydroxylation is 1. The first kappa shape index (κ1) is 18.1. The molecule has 0 spiro atoms.